The fraction of sp³-hybridized carbons (Fsp3) is 0.468. The van der Waals surface area contributed by atoms with Gasteiger partial charge in [-0.1, -0.05) is 97.1 Å². The molecule has 5 aromatic rings. The zero-order chi connectivity index (χ0) is 80.7. The van der Waals surface area contributed by atoms with E-state index in [2.05, 4.69) is 45.5 Å². The number of amides is 5. The number of ether oxygens (including phenoxy) is 4. The number of aliphatic carboxylic acids is 2. The number of hydrogen-bond acceptors (Lipinski definition) is 17. The minimum atomic E-state index is -5.19. The van der Waals surface area contributed by atoms with Crippen molar-refractivity contribution in [3.8, 4) is 0 Å². The van der Waals surface area contributed by atoms with Gasteiger partial charge in [0.15, 0.2) is 26.2 Å². The number of esters is 4. The number of piperidine rings is 3. The van der Waals surface area contributed by atoms with Gasteiger partial charge in [0.2, 0.25) is 5.91 Å². The summed E-state index contributed by atoms with van der Waals surface area (Å²) in [7, 11) is 7.45. The lowest BCUT2D eigenvalue weighted by Crippen LogP contribution is -3.00. The van der Waals surface area contributed by atoms with E-state index in [0.29, 0.717) is 86.5 Å². The Morgan fingerprint density at radius 1 is 0.495 bits per heavy atom. The van der Waals surface area contributed by atoms with Crippen LogP contribution in [0.15, 0.2) is 115 Å². The highest BCUT2D eigenvalue weighted by Crippen LogP contribution is 2.34. The number of likely N-dealkylation sites (tertiary alicyclic amines) is 3. The molecule has 3 heterocycles. The van der Waals surface area contributed by atoms with Crippen molar-refractivity contribution in [1.82, 2.24) is 10.2 Å². The predicted octanol–water partition coefficient (Wildman–Crippen LogP) is 4.62. The molecular weight excluding hydrogens is 1550 g/mol. The summed E-state index contributed by atoms with van der Waals surface area (Å²) in [6, 6.07) is 36.1. The number of carboxylic acid groups (broad SMARTS) is 2. The Bertz CT molecular complexity index is 3890. The number of carboxylic acids is 2. The largest absolute Gasteiger partial charge is 1.00 e. The van der Waals surface area contributed by atoms with Crippen molar-refractivity contribution < 1.29 is 146 Å². The van der Waals surface area contributed by atoms with Gasteiger partial charge in [-0.05, 0) is 121 Å². The van der Waals surface area contributed by atoms with E-state index in [9.17, 15) is 69.5 Å². The molecule has 0 spiro atoms. The molecular formula is C77H99F6IN8O17. The third kappa shape index (κ3) is 29.4. The number of hydrogen-bond donors (Lipinski definition) is 4. The standard InChI is InChI=1S/2C26H33N3O4.C21H30N2O5.2C2HF3O2.HI/c1-19-10-8-14-22(26(32)33-4)25(19)27-23(30)17-29(18-24(31)28(2)3)15-9-13-21(16-29)20-11-6-5-7-12-20;1-4-27-25(31)21-13-9-15-29(17-21,16-20-11-6-5-7-12-20)18-23(30)28-24-19(2)10-8-14-22(24)26(32)33-3;1-5-23(12-8-10-16(13-23)20(25)28-6-2)14-18(24)22-19-15(3)9-7-11-17(19)21(26)27-4;2*3-2(4,5)1(6)7;/h5-8,10-12,14,21H,9,13,15-18H2,1-4H3;5-8,10-12,14,21H,4,9,13,15-18H2,1-3H3,(H-,27,28,30,31,32);7,9,11,16H,5-6,8,10,12-14H2,1-4H3;2*(H,6,7);1H. The van der Waals surface area contributed by atoms with Crippen molar-refractivity contribution >= 4 is 82.4 Å². The smallest absolute Gasteiger partial charge is 0.430 e. The van der Waals surface area contributed by atoms with E-state index in [-0.39, 0.29) is 103 Å². The van der Waals surface area contributed by atoms with E-state index in [1.807, 2.05) is 89.2 Å². The molecule has 109 heavy (non-hydrogen) atoms. The summed E-state index contributed by atoms with van der Waals surface area (Å²) in [5.74, 6) is -8.19. The monoisotopic (exact) mass is 1650 g/mol. The van der Waals surface area contributed by atoms with E-state index in [0.717, 1.165) is 87.0 Å². The van der Waals surface area contributed by atoms with Crippen LogP contribution in [0.4, 0.5) is 43.4 Å². The molecule has 3 saturated heterocycles. The molecule has 0 bridgehead atoms. The fourth-order valence-electron chi connectivity index (χ4n) is 13.4. The van der Waals surface area contributed by atoms with Crippen molar-refractivity contribution in [1.29, 1.82) is 0 Å². The first-order valence-electron chi connectivity index (χ1n) is 35.1. The SMILES string of the molecule is CCNC(=O)C1CCC[N+](CC(=O)Nc2c(C)cccc2C(=O)OC)(Cc2ccccc2)C1.CCOC(=O)C1CCC[N+](CC)(CC(=O)Nc2c(C)cccc2C(=O)OC)C1.COC(=O)c1cccc(C)c1NC(=O)C[N+]1(CC(=O)N(C)C)CCCC(c2ccccc2)C1.O=C([O-])C(F)(F)F.O=C([O-])C(F)(F)F.[I-]. The summed E-state index contributed by atoms with van der Waals surface area (Å²) in [4.78, 5) is 133. The average molecular weight is 1650 g/mol. The molecule has 5 aromatic carbocycles. The number of para-hydroxylation sites is 3. The lowest BCUT2D eigenvalue weighted by molar-refractivity contribution is -0.940. The maximum Gasteiger partial charge on any atom is 0.430 e. The van der Waals surface area contributed by atoms with Crippen LogP contribution in [0.25, 0.3) is 0 Å². The number of nitrogens with zero attached hydrogens (tertiary/aromatic N) is 4. The van der Waals surface area contributed by atoms with E-state index >= 15 is 0 Å². The van der Waals surface area contributed by atoms with Gasteiger partial charge in [0.1, 0.15) is 24.4 Å². The average Bonchev–Trinajstić information content (AvgIpc) is 0.796. The molecule has 3 aliphatic heterocycles. The van der Waals surface area contributed by atoms with Crippen LogP contribution in [-0.2, 0) is 63.8 Å². The summed E-state index contributed by atoms with van der Waals surface area (Å²) in [5, 5.41) is 29.3. The van der Waals surface area contributed by atoms with Gasteiger partial charge in [-0.2, -0.15) is 26.3 Å². The van der Waals surface area contributed by atoms with E-state index < -0.39 is 42.2 Å². The zero-order valence-electron chi connectivity index (χ0n) is 63.2. The van der Waals surface area contributed by atoms with E-state index in [1.165, 1.54) is 26.9 Å². The van der Waals surface area contributed by atoms with Crippen LogP contribution in [0.2, 0.25) is 0 Å². The summed E-state index contributed by atoms with van der Waals surface area (Å²) in [5.41, 5.74) is 7.14. The number of alkyl halides is 6. The van der Waals surface area contributed by atoms with Crippen molar-refractivity contribution in [3.63, 3.8) is 0 Å². The van der Waals surface area contributed by atoms with Crippen LogP contribution in [0.5, 0.6) is 0 Å². The highest BCUT2D eigenvalue weighted by Gasteiger charge is 2.43. The Balaban J connectivity index is 0.000000388. The second-order valence-electron chi connectivity index (χ2n) is 26.9. The van der Waals surface area contributed by atoms with Gasteiger partial charge in [-0.3, -0.25) is 28.8 Å². The van der Waals surface area contributed by atoms with Gasteiger partial charge >= 0.3 is 36.2 Å². The van der Waals surface area contributed by atoms with Crippen molar-refractivity contribution in [3.05, 3.63) is 160 Å². The zero-order valence-corrected chi connectivity index (χ0v) is 65.4. The number of methoxy groups -OCH3 is 3. The van der Waals surface area contributed by atoms with E-state index in [1.54, 1.807) is 62.3 Å². The van der Waals surface area contributed by atoms with Crippen molar-refractivity contribution in [2.75, 3.05) is 137 Å². The number of quaternary nitrogens is 3. The third-order valence-corrected chi connectivity index (χ3v) is 18.7. The van der Waals surface area contributed by atoms with Gasteiger partial charge in [0, 0.05) is 32.1 Å². The van der Waals surface area contributed by atoms with Crippen LogP contribution >= 0.6 is 0 Å². The fourth-order valence-corrected chi connectivity index (χ4v) is 13.4. The molecule has 8 rings (SSSR count). The van der Waals surface area contributed by atoms with Crippen LogP contribution in [0.3, 0.4) is 0 Å². The maximum atomic E-state index is 13.3. The third-order valence-electron chi connectivity index (χ3n) is 18.7. The summed E-state index contributed by atoms with van der Waals surface area (Å²) in [6.07, 6.45) is -5.04. The molecule has 25 nitrogen and oxygen atoms in total. The molecule has 6 unspecified atom stereocenters. The van der Waals surface area contributed by atoms with Crippen molar-refractivity contribution in [2.45, 2.75) is 105 Å². The first kappa shape index (κ1) is 93.7. The second-order valence-corrected chi connectivity index (χ2v) is 26.9. The Morgan fingerprint density at radius 3 is 1.27 bits per heavy atom. The van der Waals surface area contributed by atoms with Crippen LogP contribution in [0, 0.1) is 32.6 Å². The number of nitrogens with one attached hydrogen (secondary N) is 4. The van der Waals surface area contributed by atoms with Gasteiger partial charge in [-0.25, -0.2) is 14.4 Å². The highest BCUT2D eigenvalue weighted by molar-refractivity contribution is 6.04. The molecule has 598 valence electrons. The number of likely N-dealkylation sites (N-methyl/N-ethyl adjacent to an activating group) is 2. The van der Waals surface area contributed by atoms with Gasteiger partial charge in [0.05, 0.1) is 113 Å². The van der Waals surface area contributed by atoms with Gasteiger partial charge < -0.3 is 102 Å². The summed E-state index contributed by atoms with van der Waals surface area (Å²) in [6.45, 7) is 18.9. The van der Waals surface area contributed by atoms with Crippen LogP contribution in [0.1, 0.15) is 124 Å². The van der Waals surface area contributed by atoms with Gasteiger partial charge in [-0.15, -0.1) is 0 Å². The Labute approximate surface area is 648 Å². The molecule has 0 saturated carbocycles. The normalized spacial score (nSPS) is 19.1. The predicted molar refractivity (Wildman–Crippen MR) is 384 cm³/mol. The lowest BCUT2D eigenvalue weighted by Gasteiger charge is -2.44. The molecule has 3 fully saturated rings. The number of halogens is 7. The minimum absolute atomic E-state index is 0. The Kier molecular flexibility index (Phi) is 38.0. The number of rotatable bonds is 22. The number of carbonyl (C=O) groups is 11. The number of anilines is 3. The van der Waals surface area contributed by atoms with E-state index in [4.69, 9.17) is 38.7 Å². The van der Waals surface area contributed by atoms with Gasteiger partial charge in [0.25, 0.3) is 23.6 Å². The number of benzene rings is 5. The highest BCUT2D eigenvalue weighted by atomic mass is 127. The summed E-state index contributed by atoms with van der Waals surface area (Å²) >= 11 is 0. The van der Waals surface area contributed by atoms with Crippen LogP contribution < -0.4 is 55.5 Å². The topological polar surface area (TPSA) is 322 Å². The molecule has 4 N–H and O–H groups in total. The molecule has 3 aliphatic rings. The number of carbonyl (C=O) groups excluding carboxylic acids is 11. The number of aryl methyl sites for hydroxylation is 3. The minimum Gasteiger partial charge on any atom is -1.00 e. The molecule has 0 aromatic heterocycles. The van der Waals surface area contributed by atoms with Crippen molar-refractivity contribution in [2.24, 2.45) is 11.8 Å². The molecule has 6 atom stereocenters. The quantitative estimate of drug-likeness (QED) is 0.0242. The first-order valence-corrected chi connectivity index (χ1v) is 35.1. The van der Waals surface area contributed by atoms with Crippen LogP contribution in [-0.4, -0.2) is 217 Å². The maximum absolute atomic E-state index is 13.3. The molecule has 0 radical (unpaired) electrons. The Morgan fingerprint density at radius 2 is 0.872 bits per heavy atom. The lowest BCUT2D eigenvalue weighted by atomic mass is 9.88. The molecule has 32 heteroatoms. The Hall–Kier alpha value is -9.54. The molecule has 0 aliphatic carbocycles. The molecule has 5 amide bonds. The second kappa shape index (κ2) is 44.2. The summed E-state index contributed by atoms with van der Waals surface area (Å²) < 4.78 is 84.3. The first-order chi connectivity index (χ1) is 50.9.